The Morgan fingerprint density at radius 3 is 2.82 bits per heavy atom. The molecule has 1 amide bonds. The van der Waals surface area contributed by atoms with Gasteiger partial charge in [0.25, 0.3) is 0 Å². The van der Waals surface area contributed by atoms with Crippen molar-refractivity contribution in [3.05, 3.63) is 0 Å². The van der Waals surface area contributed by atoms with Crippen molar-refractivity contribution in [1.29, 1.82) is 0 Å². The fourth-order valence-electron chi connectivity index (χ4n) is 2.35. The zero-order valence-corrected chi connectivity index (χ0v) is 12.3. The van der Waals surface area contributed by atoms with E-state index < -0.39 is 0 Å². The molecule has 0 aromatic carbocycles. The zero-order valence-electron chi connectivity index (χ0n) is 11.5. The van der Waals surface area contributed by atoms with E-state index in [1.165, 1.54) is 6.42 Å². The highest BCUT2D eigenvalue weighted by Gasteiger charge is 2.37. The summed E-state index contributed by atoms with van der Waals surface area (Å²) in [5.41, 5.74) is -0.264. The summed E-state index contributed by atoms with van der Waals surface area (Å²) < 4.78 is 0. The third-order valence-electron chi connectivity index (χ3n) is 3.70. The summed E-state index contributed by atoms with van der Waals surface area (Å²) >= 11 is 1.77. The van der Waals surface area contributed by atoms with Crippen LogP contribution in [0, 0.1) is 11.3 Å². The van der Waals surface area contributed by atoms with Gasteiger partial charge in [0.15, 0.2) is 0 Å². The lowest BCUT2D eigenvalue weighted by Gasteiger charge is -2.36. The van der Waals surface area contributed by atoms with E-state index in [2.05, 4.69) is 37.7 Å². The van der Waals surface area contributed by atoms with Gasteiger partial charge >= 0.3 is 0 Å². The highest BCUT2D eigenvalue weighted by molar-refractivity contribution is 7.98. The maximum atomic E-state index is 12.3. The number of carbonyl (C=O) groups is 1. The minimum Gasteiger partial charge on any atom is -0.352 e. The van der Waals surface area contributed by atoms with Gasteiger partial charge in [-0.05, 0) is 45.0 Å². The summed E-state index contributed by atoms with van der Waals surface area (Å²) in [5, 5.41) is 6.52. The topological polar surface area (TPSA) is 41.1 Å². The number of hydrogen-bond donors (Lipinski definition) is 2. The molecule has 0 aliphatic carbocycles. The molecule has 4 heteroatoms. The molecule has 0 radical (unpaired) electrons. The van der Waals surface area contributed by atoms with Crippen LogP contribution in [0.15, 0.2) is 0 Å². The standard InChI is InChI=1S/C13H26N2OS/c1-10(9-17-4)15-12(16)13(2,3)11-6-5-7-14-8-11/h10-11,14H,5-9H2,1-4H3,(H,15,16). The Bertz CT molecular complexity index is 250. The van der Waals surface area contributed by atoms with Crippen molar-refractivity contribution in [2.75, 3.05) is 25.1 Å². The third kappa shape index (κ3) is 4.18. The molecule has 1 saturated heterocycles. The van der Waals surface area contributed by atoms with Gasteiger partial charge in [0.2, 0.25) is 5.91 Å². The van der Waals surface area contributed by atoms with Crippen LogP contribution >= 0.6 is 11.8 Å². The van der Waals surface area contributed by atoms with Gasteiger partial charge in [-0.25, -0.2) is 0 Å². The van der Waals surface area contributed by atoms with Crippen LogP contribution in [0.5, 0.6) is 0 Å². The summed E-state index contributed by atoms with van der Waals surface area (Å²) in [5.74, 6) is 1.63. The average Bonchev–Trinajstić information content (AvgIpc) is 2.30. The lowest BCUT2D eigenvalue weighted by atomic mass is 9.74. The van der Waals surface area contributed by atoms with Gasteiger partial charge in [-0.1, -0.05) is 13.8 Å². The predicted octanol–water partition coefficient (Wildman–Crippen LogP) is 1.88. The molecule has 1 heterocycles. The van der Waals surface area contributed by atoms with Crippen LogP contribution in [0.1, 0.15) is 33.6 Å². The van der Waals surface area contributed by atoms with E-state index in [-0.39, 0.29) is 17.4 Å². The molecule has 0 bridgehead atoms. The minimum absolute atomic E-state index is 0.202. The van der Waals surface area contributed by atoms with Crippen molar-refractivity contribution < 1.29 is 4.79 Å². The minimum atomic E-state index is -0.264. The van der Waals surface area contributed by atoms with E-state index in [1.54, 1.807) is 11.8 Å². The molecule has 3 nitrogen and oxygen atoms in total. The van der Waals surface area contributed by atoms with Gasteiger partial charge in [-0.15, -0.1) is 0 Å². The van der Waals surface area contributed by atoms with Gasteiger partial charge < -0.3 is 10.6 Å². The van der Waals surface area contributed by atoms with Crippen molar-refractivity contribution in [1.82, 2.24) is 10.6 Å². The fourth-order valence-corrected chi connectivity index (χ4v) is 2.94. The number of rotatable bonds is 5. The number of thioether (sulfide) groups is 1. The average molecular weight is 258 g/mol. The molecule has 0 aromatic heterocycles. The molecule has 2 atom stereocenters. The Morgan fingerprint density at radius 2 is 2.29 bits per heavy atom. The highest BCUT2D eigenvalue weighted by Crippen LogP contribution is 2.32. The first-order chi connectivity index (χ1) is 7.98. The van der Waals surface area contributed by atoms with E-state index in [9.17, 15) is 4.79 Å². The van der Waals surface area contributed by atoms with Crippen molar-refractivity contribution in [3.8, 4) is 0 Å². The molecular formula is C13H26N2OS. The lowest BCUT2D eigenvalue weighted by molar-refractivity contribution is -0.133. The van der Waals surface area contributed by atoms with E-state index in [0.717, 1.165) is 25.3 Å². The lowest BCUT2D eigenvalue weighted by Crippen LogP contribution is -2.49. The quantitative estimate of drug-likeness (QED) is 0.791. The molecule has 0 aromatic rings. The summed E-state index contributed by atoms with van der Waals surface area (Å²) in [6.45, 7) is 8.29. The fraction of sp³-hybridized carbons (Fsp3) is 0.923. The smallest absolute Gasteiger partial charge is 0.226 e. The van der Waals surface area contributed by atoms with Crippen molar-refractivity contribution in [2.45, 2.75) is 39.7 Å². The molecule has 100 valence electrons. The van der Waals surface area contributed by atoms with Crippen molar-refractivity contribution >= 4 is 17.7 Å². The van der Waals surface area contributed by atoms with Crippen molar-refractivity contribution in [3.63, 3.8) is 0 Å². The molecular weight excluding hydrogens is 232 g/mol. The van der Waals surface area contributed by atoms with Crippen LogP contribution in [-0.2, 0) is 4.79 Å². The molecule has 2 N–H and O–H groups in total. The number of hydrogen-bond acceptors (Lipinski definition) is 3. The Hall–Kier alpha value is -0.220. The van der Waals surface area contributed by atoms with Crippen molar-refractivity contribution in [2.24, 2.45) is 11.3 Å². The normalized spacial score (nSPS) is 23.2. The maximum absolute atomic E-state index is 12.3. The first-order valence-corrected chi connectivity index (χ1v) is 7.88. The van der Waals surface area contributed by atoms with Crippen LogP contribution < -0.4 is 10.6 Å². The molecule has 0 spiro atoms. The maximum Gasteiger partial charge on any atom is 0.226 e. The second-order valence-electron chi connectivity index (χ2n) is 5.59. The molecule has 0 saturated carbocycles. The summed E-state index contributed by atoms with van der Waals surface area (Å²) in [7, 11) is 0. The van der Waals surface area contributed by atoms with Crippen LogP contribution in [0.3, 0.4) is 0 Å². The van der Waals surface area contributed by atoms with E-state index in [1.807, 2.05) is 0 Å². The van der Waals surface area contributed by atoms with Gasteiger partial charge in [-0.3, -0.25) is 4.79 Å². The Morgan fingerprint density at radius 1 is 1.59 bits per heavy atom. The summed E-state index contributed by atoms with van der Waals surface area (Å²) in [4.78, 5) is 12.3. The van der Waals surface area contributed by atoms with E-state index in [4.69, 9.17) is 0 Å². The van der Waals surface area contributed by atoms with E-state index >= 15 is 0 Å². The summed E-state index contributed by atoms with van der Waals surface area (Å²) in [6, 6.07) is 0.258. The number of carbonyl (C=O) groups excluding carboxylic acids is 1. The Labute approximate surface area is 109 Å². The molecule has 1 fully saturated rings. The Balaban J connectivity index is 2.52. The Kier molecular flexibility index (Phi) is 5.80. The monoisotopic (exact) mass is 258 g/mol. The van der Waals surface area contributed by atoms with Gasteiger partial charge in [0, 0.05) is 17.2 Å². The SMILES string of the molecule is CSCC(C)NC(=O)C(C)(C)C1CCCNC1. The predicted molar refractivity (Wildman–Crippen MR) is 75.4 cm³/mol. The third-order valence-corrected chi connectivity index (χ3v) is 4.53. The molecule has 17 heavy (non-hydrogen) atoms. The van der Waals surface area contributed by atoms with E-state index in [0.29, 0.717) is 5.92 Å². The molecule has 2 unspecified atom stereocenters. The zero-order chi connectivity index (χ0) is 12.9. The summed E-state index contributed by atoms with van der Waals surface area (Å²) in [6.07, 6.45) is 4.41. The second kappa shape index (κ2) is 6.64. The first kappa shape index (κ1) is 14.8. The van der Waals surface area contributed by atoms with Gasteiger partial charge in [0.05, 0.1) is 0 Å². The largest absolute Gasteiger partial charge is 0.352 e. The van der Waals surface area contributed by atoms with Gasteiger partial charge in [-0.2, -0.15) is 11.8 Å². The highest BCUT2D eigenvalue weighted by atomic mass is 32.2. The number of amides is 1. The van der Waals surface area contributed by atoms with Crippen LogP contribution in [0.25, 0.3) is 0 Å². The molecule has 1 aliphatic rings. The first-order valence-electron chi connectivity index (χ1n) is 6.49. The van der Waals surface area contributed by atoms with Crippen LogP contribution in [0.4, 0.5) is 0 Å². The number of nitrogens with one attached hydrogen (secondary N) is 2. The second-order valence-corrected chi connectivity index (χ2v) is 6.51. The van der Waals surface area contributed by atoms with Crippen LogP contribution in [-0.4, -0.2) is 37.0 Å². The van der Waals surface area contributed by atoms with Crippen LogP contribution in [0.2, 0.25) is 0 Å². The number of piperidine rings is 1. The molecule has 1 aliphatic heterocycles. The molecule has 1 rings (SSSR count). The van der Waals surface area contributed by atoms with Gasteiger partial charge in [0.1, 0.15) is 0 Å².